The zero-order valence-corrected chi connectivity index (χ0v) is 20.7. The number of unbranched alkanes of at least 4 members (excludes halogenated alkanes) is 1. The molecule has 37 heavy (non-hydrogen) atoms. The van der Waals surface area contributed by atoms with Crippen LogP contribution in [0.15, 0.2) is 29.3 Å². The monoisotopic (exact) mass is 522 g/mol. The number of guanidine groups is 1. The number of carbonyl (C=O) groups excluding carboxylic acids is 3. The minimum atomic E-state index is -1.24. The van der Waals surface area contributed by atoms with E-state index in [1.54, 1.807) is 12.1 Å². The predicted molar refractivity (Wildman–Crippen MR) is 137 cm³/mol. The van der Waals surface area contributed by atoms with E-state index in [2.05, 4.69) is 20.9 Å². The van der Waals surface area contributed by atoms with Crippen molar-refractivity contribution in [2.45, 2.75) is 56.7 Å². The maximum atomic E-state index is 13.1. The number of aliphatic imine (C=N–C) groups is 1. The Balaban J connectivity index is 2.99. The number of phenols is 1. The van der Waals surface area contributed by atoms with Crippen LogP contribution in [0.2, 0.25) is 0 Å². The van der Waals surface area contributed by atoms with Crippen LogP contribution >= 0.6 is 0 Å². The Hall–Kier alpha value is -3.91. The number of amides is 3. The number of benzene rings is 1. The Labute approximate surface area is 215 Å². The molecule has 13 N–H and O–H groups in total. The molecule has 14 nitrogen and oxygen atoms in total. The van der Waals surface area contributed by atoms with Gasteiger partial charge in [-0.2, -0.15) is 0 Å². The third-order valence-electron chi connectivity index (χ3n) is 5.35. The summed E-state index contributed by atoms with van der Waals surface area (Å²) in [6.07, 6.45) is 1.72. The number of nitrogens with two attached hydrogens (primary N) is 4. The number of rotatable bonds is 17. The maximum absolute atomic E-state index is 13.1. The molecule has 0 aliphatic rings. The number of aromatic hydroxyl groups is 1. The van der Waals surface area contributed by atoms with Gasteiger partial charge in [0.1, 0.15) is 23.9 Å². The van der Waals surface area contributed by atoms with Gasteiger partial charge in [-0.1, -0.05) is 12.1 Å². The second-order valence-corrected chi connectivity index (χ2v) is 8.39. The van der Waals surface area contributed by atoms with Crippen molar-refractivity contribution in [3.05, 3.63) is 29.8 Å². The molecule has 0 fully saturated rings. The second kappa shape index (κ2) is 16.7. The van der Waals surface area contributed by atoms with Gasteiger partial charge in [0.25, 0.3) is 0 Å². The number of carboxylic acid groups (broad SMARTS) is 1. The van der Waals surface area contributed by atoms with Gasteiger partial charge < -0.3 is 49.1 Å². The molecule has 14 heteroatoms. The highest BCUT2D eigenvalue weighted by Crippen LogP contribution is 2.12. The molecule has 1 aromatic carbocycles. The van der Waals surface area contributed by atoms with Crippen LogP contribution in [0.1, 0.15) is 37.7 Å². The third kappa shape index (κ3) is 12.6. The minimum absolute atomic E-state index is 0.0404. The quantitative estimate of drug-likeness (QED) is 0.0595. The van der Waals surface area contributed by atoms with Crippen molar-refractivity contribution >= 4 is 29.7 Å². The number of carbonyl (C=O) groups is 4. The first-order chi connectivity index (χ1) is 17.6. The first kappa shape index (κ1) is 31.1. The summed E-state index contributed by atoms with van der Waals surface area (Å²) in [6, 6.07) is 2.70. The Morgan fingerprint density at radius 1 is 0.838 bits per heavy atom. The molecule has 0 aliphatic heterocycles. The lowest BCUT2D eigenvalue weighted by Gasteiger charge is -2.24. The van der Waals surface area contributed by atoms with Gasteiger partial charge in [0.15, 0.2) is 5.96 Å². The highest BCUT2D eigenvalue weighted by molar-refractivity contribution is 5.93. The van der Waals surface area contributed by atoms with E-state index in [-0.39, 0.29) is 44.1 Å². The van der Waals surface area contributed by atoms with E-state index in [1.165, 1.54) is 12.1 Å². The SMILES string of the molecule is NCCCCC(NC(=O)C(Cc1ccc(O)cc1)NC(=O)CN)C(=O)NC(CCCN=C(N)N)C(=O)O. The fourth-order valence-corrected chi connectivity index (χ4v) is 3.40. The normalized spacial score (nSPS) is 13.0. The molecule has 206 valence electrons. The predicted octanol–water partition coefficient (Wildman–Crippen LogP) is -2.38. The van der Waals surface area contributed by atoms with E-state index in [0.717, 1.165) is 0 Å². The highest BCUT2D eigenvalue weighted by atomic mass is 16.4. The third-order valence-corrected chi connectivity index (χ3v) is 5.35. The largest absolute Gasteiger partial charge is 0.508 e. The van der Waals surface area contributed by atoms with Crippen LogP contribution in [0, 0.1) is 0 Å². The number of phenolic OH excluding ortho intramolecular Hbond substituents is 1. The van der Waals surface area contributed by atoms with Crippen LogP contribution in [0.3, 0.4) is 0 Å². The molecular formula is C23H38N8O6. The standard InChI is InChI=1S/C23H38N8O6/c24-10-2-1-4-16(20(34)31-17(22(36)37)5-3-11-28-23(26)27)30-21(35)18(29-19(33)13-25)12-14-6-8-15(32)9-7-14/h6-9,16-18,32H,1-5,10-13,24-25H2,(H,29,33)(H,30,35)(H,31,34)(H,36,37)(H4,26,27,28). The second-order valence-electron chi connectivity index (χ2n) is 8.39. The van der Waals surface area contributed by atoms with E-state index in [0.29, 0.717) is 31.4 Å². The first-order valence-corrected chi connectivity index (χ1v) is 11.9. The van der Waals surface area contributed by atoms with Crippen LogP contribution < -0.4 is 38.9 Å². The van der Waals surface area contributed by atoms with Crippen molar-refractivity contribution < 1.29 is 29.4 Å². The van der Waals surface area contributed by atoms with Crippen molar-refractivity contribution in [3.63, 3.8) is 0 Å². The number of carboxylic acids is 1. The summed E-state index contributed by atoms with van der Waals surface area (Å²) in [6.45, 7) is 0.221. The Morgan fingerprint density at radius 2 is 1.43 bits per heavy atom. The zero-order valence-electron chi connectivity index (χ0n) is 20.7. The van der Waals surface area contributed by atoms with Gasteiger partial charge in [-0.15, -0.1) is 0 Å². The zero-order chi connectivity index (χ0) is 27.8. The minimum Gasteiger partial charge on any atom is -0.508 e. The summed E-state index contributed by atoms with van der Waals surface area (Å²) >= 11 is 0. The fraction of sp³-hybridized carbons (Fsp3) is 0.522. The van der Waals surface area contributed by atoms with Crippen LogP contribution in [-0.2, 0) is 25.6 Å². The molecule has 0 aliphatic carbocycles. The Kier molecular flexibility index (Phi) is 14.1. The van der Waals surface area contributed by atoms with E-state index >= 15 is 0 Å². The van der Waals surface area contributed by atoms with Crippen LogP contribution in [-0.4, -0.2) is 77.6 Å². The van der Waals surface area contributed by atoms with E-state index < -0.39 is 41.8 Å². The highest BCUT2D eigenvalue weighted by Gasteiger charge is 2.29. The molecule has 0 heterocycles. The summed E-state index contributed by atoms with van der Waals surface area (Å²) in [5.41, 5.74) is 22.1. The number of hydrogen-bond donors (Lipinski definition) is 9. The summed E-state index contributed by atoms with van der Waals surface area (Å²) in [4.78, 5) is 53.6. The molecule has 3 amide bonds. The molecule has 0 bridgehead atoms. The van der Waals surface area contributed by atoms with Crippen LogP contribution in [0.5, 0.6) is 5.75 Å². The van der Waals surface area contributed by atoms with Crippen LogP contribution in [0.4, 0.5) is 0 Å². The summed E-state index contributed by atoms with van der Waals surface area (Å²) < 4.78 is 0. The average Bonchev–Trinajstić information content (AvgIpc) is 2.85. The lowest BCUT2D eigenvalue weighted by molar-refractivity contribution is -0.142. The number of aliphatic carboxylic acids is 1. The maximum Gasteiger partial charge on any atom is 0.326 e. The molecule has 1 aromatic rings. The first-order valence-electron chi connectivity index (χ1n) is 11.9. The van der Waals surface area contributed by atoms with Gasteiger partial charge >= 0.3 is 5.97 Å². The molecule has 0 aromatic heterocycles. The van der Waals surface area contributed by atoms with Gasteiger partial charge in [-0.05, 0) is 56.3 Å². The van der Waals surface area contributed by atoms with Gasteiger partial charge in [-0.25, -0.2) is 4.79 Å². The summed E-state index contributed by atoms with van der Waals surface area (Å²) in [5.74, 6) is -3.24. The molecule has 0 radical (unpaired) electrons. The lowest BCUT2D eigenvalue weighted by Crippen LogP contribution is -2.56. The average molecular weight is 523 g/mol. The number of nitrogens with zero attached hydrogens (tertiary/aromatic N) is 1. The van der Waals surface area contributed by atoms with Gasteiger partial charge in [0.05, 0.1) is 6.54 Å². The van der Waals surface area contributed by atoms with E-state index in [4.69, 9.17) is 22.9 Å². The number of nitrogens with one attached hydrogen (secondary N) is 3. The molecule has 0 spiro atoms. The molecule has 0 saturated heterocycles. The van der Waals surface area contributed by atoms with Crippen molar-refractivity contribution in [1.82, 2.24) is 16.0 Å². The van der Waals surface area contributed by atoms with Crippen molar-refractivity contribution in [2.75, 3.05) is 19.6 Å². The molecule has 1 rings (SSSR count). The van der Waals surface area contributed by atoms with Gasteiger partial charge in [0, 0.05) is 13.0 Å². The van der Waals surface area contributed by atoms with Crippen LogP contribution in [0.25, 0.3) is 0 Å². The Bertz CT molecular complexity index is 920. The van der Waals surface area contributed by atoms with Crippen molar-refractivity contribution in [2.24, 2.45) is 27.9 Å². The molecule has 3 atom stereocenters. The molecule has 3 unspecified atom stereocenters. The Morgan fingerprint density at radius 3 is 2.00 bits per heavy atom. The molecular weight excluding hydrogens is 484 g/mol. The van der Waals surface area contributed by atoms with Gasteiger partial charge in [0.2, 0.25) is 17.7 Å². The number of hydrogen-bond acceptors (Lipinski definition) is 8. The fourth-order valence-electron chi connectivity index (χ4n) is 3.40. The summed E-state index contributed by atoms with van der Waals surface area (Å²) in [5, 5.41) is 26.6. The smallest absolute Gasteiger partial charge is 0.326 e. The lowest BCUT2D eigenvalue weighted by atomic mass is 10.0. The van der Waals surface area contributed by atoms with E-state index in [9.17, 15) is 29.4 Å². The molecule has 0 saturated carbocycles. The van der Waals surface area contributed by atoms with E-state index in [1.807, 2.05) is 0 Å². The van der Waals surface area contributed by atoms with Crippen molar-refractivity contribution in [3.8, 4) is 5.75 Å². The topological polar surface area (TPSA) is 261 Å². The van der Waals surface area contributed by atoms with Gasteiger partial charge in [-0.3, -0.25) is 19.4 Å². The van der Waals surface area contributed by atoms with Crippen molar-refractivity contribution in [1.29, 1.82) is 0 Å². The summed E-state index contributed by atoms with van der Waals surface area (Å²) in [7, 11) is 0.